The Kier molecular flexibility index (Phi) is 3.68. The van der Waals surface area contributed by atoms with Crippen molar-refractivity contribution in [2.45, 2.75) is 6.42 Å². The summed E-state index contributed by atoms with van der Waals surface area (Å²) in [5, 5.41) is 8.73. The van der Waals surface area contributed by atoms with E-state index in [9.17, 15) is 4.79 Å². The summed E-state index contributed by atoms with van der Waals surface area (Å²) >= 11 is 0. The molecule has 1 aliphatic heterocycles. The smallest absolute Gasteiger partial charge is 0.270 e. The van der Waals surface area contributed by atoms with E-state index in [1.165, 1.54) is 0 Å². The second-order valence-electron chi connectivity index (χ2n) is 5.02. The predicted molar refractivity (Wildman–Crippen MR) is 68.1 cm³/mol. The first kappa shape index (κ1) is 12.7. The van der Waals surface area contributed by atoms with Gasteiger partial charge in [-0.1, -0.05) is 0 Å². The lowest BCUT2D eigenvalue weighted by Gasteiger charge is -2.20. The molecule has 0 bridgehead atoms. The second-order valence-corrected chi connectivity index (χ2v) is 5.02. The van der Waals surface area contributed by atoms with E-state index in [0.29, 0.717) is 17.2 Å². The molecule has 96 valence electrons. The molecule has 1 atom stereocenters. The maximum absolute atomic E-state index is 12.1. The summed E-state index contributed by atoms with van der Waals surface area (Å²) in [6, 6.07) is 3.61. The van der Waals surface area contributed by atoms with Crippen LogP contribution in [-0.2, 0) is 0 Å². The van der Waals surface area contributed by atoms with Crippen LogP contribution in [0, 0.1) is 17.2 Å². The van der Waals surface area contributed by atoms with Gasteiger partial charge in [-0.05, 0) is 32.0 Å². The van der Waals surface area contributed by atoms with Crippen LogP contribution in [0.15, 0.2) is 12.3 Å². The molecule has 0 aromatic carbocycles. The number of aromatic nitrogens is 1. The first-order valence-corrected chi connectivity index (χ1v) is 6.12. The van der Waals surface area contributed by atoms with Gasteiger partial charge in [-0.25, -0.2) is 0 Å². The number of nitrogens with one attached hydrogen (secondary N) is 1. The molecule has 0 saturated carbocycles. The first-order valence-electron chi connectivity index (χ1n) is 6.12. The Morgan fingerprint density at radius 1 is 1.72 bits per heavy atom. The van der Waals surface area contributed by atoms with Crippen LogP contribution in [0.25, 0.3) is 0 Å². The molecule has 0 radical (unpaired) electrons. The van der Waals surface area contributed by atoms with Gasteiger partial charge < -0.3 is 14.8 Å². The first-order chi connectivity index (χ1) is 8.60. The third-order valence-corrected chi connectivity index (χ3v) is 3.41. The molecule has 1 aromatic rings. The largest absolute Gasteiger partial charge is 0.356 e. The van der Waals surface area contributed by atoms with Gasteiger partial charge >= 0.3 is 0 Å². The van der Waals surface area contributed by atoms with E-state index in [-0.39, 0.29) is 5.91 Å². The molecule has 1 amide bonds. The molecule has 2 rings (SSSR count). The molecule has 18 heavy (non-hydrogen) atoms. The van der Waals surface area contributed by atoms with E-state index in [0.717, 1.165) is 26.1 Å². The Bertz CT molecular complexity index is 474. The Morgan fingerprint density at radius 2 is 2.50 bits per heavy atom. The normalized spacial score (nSPS) is 19.7. The average Bonchev–Trinajstić information content (AvgIpc) is 2.97. The lowest BCUT2D eigenvalue weighted by molar-refractivity contribution is 0.0769. The number of nitriles is 1. The SMILES string of the molecule is CN1CCC(CN(C)C(=O)c2cc(C#N)c[nH]2)C1. The lowest BCUT2D eigenvalue weighted by atomic mass is 10.1. The van der Waals surface area contributed by atoms with Crippen LogP contribution in [-0.4, -0.2) is 54.4 Å². The third-order valence-electron chi connectivity index (χ3n) is 3.41. The van der Waals surface area contributed by atoms with Crippen molar-refractivity contribution in [3.05, 3.63) is 23.5 Å². The van der Waals surface area contributed by atoms with E-state index in [1.54, 1.807) is 17.2 Å². The number of hydrogen-bond donors (Lipinski definition) is 1. The zero-order valence-electron chi connectivity index (χ0n) is 10.8. The number of amides is 1. The number of rotatable bonds is 3. The van der Waals surface area contributed by atoms with Crippen molar-refractivity contribution < 1.29 is 4.79 Å². The molecule has 5 nitrogen and oxygen atoms in total. The standard InChI is InChI=1S/C13H18N4O/c1-16-4-3-10(8-16)9-17(2)13(18)12-5-11(6-14)7-15-12/h5,7,10,15H,3-4,8-9H2,1-2H3. The molecule has 5 heteroatoms. The van der Waals surface area contributed by atoms with Gasteiger partial charge in [-0.2, -0.15) is 5.26 Å². The molecule has 1 unspecified atom stereocenters. The quantitative estimate of drug-likeness (QED) is 0.862. The maximum atomic E-state index is 12.1. The number of carbonyl (C=O) groups is 1. The van der Waals surface area contributed by atoms with Gasteiger partial charge in [-0.15, -0.1) is 0 Å². The van der Waals surface area contributed by atoms with Crippen molar-refractivity contribution in [2.75, 3.05) is 33.7 Å². The summed E-state index contributed by atoms with van der Waals surface area (Å²) in [6.45, 7) is 2.92. The highest BCUT2D eigenvalue weighted by atomic mass is 16.2. The number of carbonyl (C=O) groups excluding carboxylic acids is 1. The van der Waals surface area contributed by atoms with Crippen molar-refractivity contribution in [3.63, 3.8) is 0 Å². The molecule has 2 heterocycles. The van der Waals surface area contributed by atoms with Crippen molar-refractivity contribution in [1.29, 1.82) is 5.26 Å². The van der Waals surface area contributed by atoms with Crippen LogP contribution in [0.2, 0.25) is 0 Å². The van der Waals surface area contributed by atoms with Crippen LogP contribution in [0.5, 0.6) is 0 Å². The van der Waals surface area contributed by atoms with Crippen LogP contribution in [0.3, 0.4) is 0 Å². The lowest BCUT2D eigenvalue weighted by Crippen LogP contribution is -2.33. The molecule has 1 saturated heterocycles. The van der Waals surface area contributed by atoms with Gasteiger partial charge in [0.05, 0.1) is 5.56 Å². The second kappa shape index (κ2) is 5.23. The highest BCUT2D eigenvalue weighted by Gasteiger charge is 2.23. The van der Waals surface area contributed by atoms with E-state index < -0.39 is 0 Å². The Hall–Kier alpha value is -1.80. The number of likely N-dealkylation sites (tertiary alicyclic amines) is 1. The van der Waals surface area contributed by atoms with Gasteiger partial charge in [0.15, 0.2) is 0 Å². The minimum atomic E-state index is -0.0500. The van der Waals surface area contributed by atoms with Crippen molar-refractivity contribution in [3.8, 4) is 6.07 Å². The summed E-state index contributed by atoms with van der Waals surface area (Å²) in [7, 11) is 3.92. The van der Waals surface area contributed by atoms with Gasteiger partial charge in [-0.3, -0.25) is 4.79 Å². The highest BCUT2D eigenvalue weighted by Crippen LogP contribution is 2.16. The van der Waals surface area contributed by atoms with Crippen LogP contribution >= 0.6 is 0 Å². The Labute approximate surface area is 107 Å². The van der Waals surface area contributed by atoms with Crippen molar-refractivity contribution >= 4 is 5.91 Å². The number of H-pyrrole nitrogens is 1. The maximum Gasteiger partial charge on any atom is 0.270 e. The van der Waals surface area contributed by atoms with Crippen molar-refractivity contribution in [1.82, 2.24) is 14.8 Å². The minimum Gasteiger partial charge on any atom is -0.356 e. The van der Waals surface area contributed by atoms with E-state index in [4.69, 9.17) is 5.26 Å². The molecule has 1 aliphatic rings. The predicted octanol–water partition coefficient (Wildman–Crippen LogP) is 0.910. The van der Waals surface area contributed by atoms with Gasteiger partial charge in [0.1, 0.15) is 11.8 Å². The third kappa shape index (κ3) is 2.71. The molecule has 0 spiro atoms. The fourth-order valence-corrected chi connectivity index (χ4v) is 2.43. The zero-order valence-corrected chi connectivity index (χ0v) is 10.8. The number of hydrogen-bond acceptors (Lipinski definition) is 3. The highest BCUT2D eigenvalue weighted by molar-refractivity contribution is 5.92. The molecule has 1 N–H and O–H groups in total. The van der Waals surface area contributed by atoms with Gasteiger partial charge in [0.25, 0.3) is 5.91 Å². The summed E-state index contributed by atoms with van der Waals surface area (Å²) in [5.41, 5.74) is 0.979. The zero-order chi connectivity index (χ0) is 13.1. The van der Waals surface area contributed by atoms with E-state index >= 15 is 0 Å². The Morgan fingerprint density at radius 3 is 3.06 bits per heavy atom. The van der Waals surface area contributed by atoms with Crippen LogP contribution < -0.4 is 0 Å². The molecule has 0 aliphatic carbocycles. The molecular formula is C13H18N4O. The van der Waals surface area contributed by atoms with E-state index in [1.807, 2.05) is 13.1 Å². The summed E-state index contributed by atoms with van der Waals surface area (Å²) in [4.78, 5) is 19.0. The van der Waals surface area contributed by atoms with Gasteiger partial charge in [0, 0.05) is 26.3 Å². The molecule has 1 fully saturated rings. The molecule has 1 aromatic heterocycles. The Balaban J connectivity index is 1.94. The van der Waals surface area contributed by atoms with Crippen molar-refractivity contribution in [2.24, 2.45) is 5.92 Å². The number of aromatic amines is 1. The summed E-state index contributed by atoms with van der Waals surface area (Å²) < 4.78 is 0. The topological polar surface area (TPSA) is 63.1 Å². The van der Waals surface area contributed by atoms with Crippen LogP contribution in [0.4, 0.5) is 0 Å². The summed E-state index contributed by atoms with van der Waals surface area (Å²) in [6.07, 6.45) is 2.70. The molecular weight excluding hydrogens is 228 g/mol. The van der Waals surface area contributed by atoms with E-state index in [2.05, 4.69) is 16.9 Å². The monoisotopic (exact) mass is 246 g/mol. The van der Waals surface area contributed by atoms with Gasteiger partial charge in [0.2, 0.25) is 0 Å². The minimum absolute atomic E-state index is 0.0500. The average molecular weight is 246 g/mol. The number of nitrogens with zero attached hydrogens (tertiary/aromatic N) is 3. The van der Waals surface area contributed by atoms with Crippen LogP contribution in [0.1, 0.15) is 22.5 Å². The summed E-state index contributed by atoms with van der Waals surface area (Å²) in [5.74, 6) is 0.500. The fraction of sp³-hybridized carbons (Fsp3) is 0.538. The fourth-order valence-electron chi connectivity index (χ4n) is 2.43.